The van der Waals surface area contributed by atoms with E-state index in [9.17, 15) is 10.1 Å². The quantitative estimate of drug-likeness (QED) is 0.620. The Kier molecular flexibility index (Phi) is 4.85. The molecule has 0 saturated carbocycles. The van der Waals surface area contributed by atoms with E-state index in [1.807, 2.05) is 31.2 Å². The van der Waals surface area contributed by atoms with Crippen LogP contribution in [0.15, 0.2) is 30.6 Å². The van der Waals surface area contributed by atoms with Gasteiger partial charge in [0.25, 0.3) is 0 Å². The monoisotopic (exact) mass is 329 g/mol. The first kappa shape index (κ1) is 16.1. The standard InChI is InChI=1S/C16H19N5O3/c1-11-4-2-5-12(8-11)20-16-14(21(22)23)15(18-10-19-16)17-9-13-6-3-7-24-13/h2,4-5,8,10,13H,3,6-7,9H2,1H3,(H2,17,18,19,20). The molecule has 0 bridgehead atoms. The van der Waals surface area contributed by atoms with E-state index in [4.69, 9.17) is 4.74 Å². The first-order chi connectivity index (χ1) is 11.6. The van der Waals surface area contributed by atoms with Crippen LogP contribution in [-0.2, 0) is 4.74 Å². The Bertz CT molecular complexity index is 731. The SMILES string of the molecule is Cc1cccc(Nc2ncnc(NCC3CCCO3)c2[N+](=O)[O-])c1. The molecule has 1 atom stereocenters. The van der Waals surface area contributed by atoms with Crippen molar-refractivity contribution in [2.24, 2.45) is 0 Å². The Labute approximate surface area is 139 Å². The predicted octanol–water partition coefficient (Wildman–Crippen LogP) is 3.03. The average Bonchev–Trinajstić information content (AvgIpc) is 3.06. The topological polar surface area (TPSA) is 102 Å². The van der Waals surface area contributed by atoms with Crippen molar-refractivity contribution in [2.45, 2.75) is 25.9 Å². The van der Waals surface area contributed by atoms with Crippen molar-refractivity contribution in [1.29, 1.82) is 0 Å². The first-order valence-corrected chi connectivity index (χ1v) is 7.82. The van der Waals surface area contributed by atoms with Crippen LogP contribution < -0.4 is 10.6 Å². The molecule has 1 aliphatic heterocycles. The van der Waals surface area contributed by atoms with Crippen LogP contribution in [0.3, 0.4) is 0 Å². The molecule has 1 aromatic carbocycles. The zero-order chi connectivity index (χ0) is 16.9. The van der Waals surface area contributed by atoms with Crippen molar-refractivity contribution in [3.63, 3.8) is 0 Å². The molecule has 3 rings (SSSR count). The highest BCUT2D eigenvalue weighted by atomic mass is 16.6. The Hall–Kier alpha value is -2.74. The van der Waals surface area contributed by atoms with Crippen LogP contribution in [-0.4, -0.2) is 34.1 Å². The summed E-state index contributed by atoms with van der Waals surface area (Å²) in [4.78, 5) is 19.1. The predicted molar refractivity (Wildman–Crippen MR) is 90.6 cm³/mol. The summed E-state index contributed by atoms with van der Waals surface area (Å²) in [6, 6.07) is 7.55. The van der Waals surface area contributed by atoms with E-state index in [2.05, 4.69) is 20.6 Å². The largest absolute Gasteiger partial charge is 0.376 e. The second-order valence-corrected chi connectivity index (χ2v) is 5.69. The Morgan fingerprint density at radius 3 is 2.92 bits per heavy atom. The molecule has 2 heterocycles. The van der Waals surface area contributed by atoms with Crippen LogP contribution in [0, 0.1) is 17.0 Å². The molecule has 24 heavy (non-hydrogen) atoms. The molecule has 0 radical (unpaired) electrons. The molecule has 1 saturated heterocycles. The minimum atomic E-state index is -0.476. The molecule has 1 aromatic heterocycles. The van der Waals surface area contributed by atoms with Gasteiger partial charge in [-0.3, -0.25) is 10.1 Å². The van der Waals surface area contributed by atoms with Gasteiger partial charge < -0.3 is 15.4 Å². The number of nitrogens with zero attached hydrogens (tertiary/aromatic N) is 3. The lowest BCUT2D eigenvalue weighted by Crippen LogP contribution is -2.20. The lowest BCUT2D eigenvalue weighted by atomic mass is 10.2. The van der Waals surface area contributed by atoms with E-state index in [-0.39, 0.29) is 23.4 Å². The highest BCUT2D eigenvalue weighted by molar-refractivity contribution is 5.73. The summed E-state index contributed by atoms with van der Waals surface area (Å²) in [5.41, 5.74) is 1.62. The molecular weight excluding hydrogens is 310 g/mol. The third-order valence-electron chi connectivity index (χ3n) is 3.81. The maximum Gasteiger partial charge on any atom is 0.353 e. The van der Waals surface area contributed by atoms with Gasteiger partial charge in [0.2, 0.25) is 11.6 Å². The molecule has 0 amide bonds. The Morgan fingerprint density at radius 2 is 2.21 bits per heavy atom. The number of anilines is 3. The first-order valence-electron chi connectivity index (χ1n) is 7.82. The van der Waals surface area contributed by atoms with Gasteiger partial charge in [-0.1, -0.05) is 12.1 Å². The van der Waals surface area contributed by atoms with Gasteiger partial charge in [0, 0.05) is 18.8 Å². The zero-order valence-corrected chi connectivity index (χ0v) is 13.4. The number of benzene rings is 1. The summed E-state index contributed by atoms with van der Waals surface area (Å²) < 4.78 is 5.52. The number of ether oxygens (including phenoxy) is 1. The van der Waals surface area contributed by atoms with Gasteiger partial charge in [-0.2, -0.15) is 0 Å². The number of nitro groups is 1. The van der Waals surface area contributed by atoms with Crippen molar-refractivity contribution in [3.05, 3.63) is 46.3 Å². The fourth-order valence-corrected chi connectivity index (χ4v) is 2.65. The third kappa shape index (κ3) is 3.77. The Morgan fingerprint density at radius 1 is 1.38 bits per heavy atom. The van der Waals surface area contributed by atoms with Crippen molar-refractivity contribution in [1.82, 2.24) is 9.97 Å². The smallest absolute Gasteiger partial charge is 0.353 e. The molecule has 2 N–H and O–H groups in total. The van der Waals surface area contributed by atoms with E-state index in [0.29, 0.717) is 6.54 Å². The summed E-state index contributed by atoms with van der Waals surface area (Å²) in [6.07, 6.45) is 3.33. The van der Waals surface area contributed by atoms with Crippen molar-refractivity contribution in [3.8, 4) is 0 Å². The maximum absolute atomic E-state index is 11.5. The zero-order valence-electron chi connectivity index (χ0n) is 13.4. The number of hydrogen-bond acceptors (Lipinski definition) is 7. The summed E-state index contributed by atoms with van der Waals surface area (Å²) in [5.74, 6) is 0.357. The van der Waals surface area contributed by atoms with Gasteiger partial charge in [-0.25, -0.2) is 9.97 Å². The highest BCUT2D eigenvalue weighted by Crippen LogP contribution is 2.31. The van der Waals surface area contributed by atoms with E-state index in [1.54, 1.807) is 0 Å². The minimum absolute atomic E-state index is 0.0627. The number of hydrogen-bond donors (Lipinski definition) is 2. The van der Waals surface area contributed by atoms with Crippen LogP contribution in [0.2, 0.25) is 0 Å². The van der Waals surface area contributed by atoms with Crippen LogP contribution in [0.25, 0.3) is 0 Å². The molecule has 8 heteroatoms. The molecule has 0 aliphatic carbocycles. The Balaban J connectivity index is 1.82. The van der Waals surface area contributed by atoms with Crippen LogP contribution in [0.1, 0.15) is 18.4 Å². The number of aromatic nitrogens is 2. The second kappa shape index (κ2) is 7.22. The number of rotatable bonds is 6. The summed E-state index contributed by atoms with van der Waals surface area (Å²) in [5, 5.41) is 17.5. The molecule has 0 spiro atoms. The van der Waals surface area contributed by atoms with Gasteiger partial charge in [0.15, 0.2) is 0 Å². The average molecular weight is 329 g/mol. The molecule has 1 aliphatic rings. The lowest BCUT2D eigenvalue weighted by molar-refractivity contribution is -0.383. The van der Waals surface area contributed by atoms with Crippen molar-refractivity contribution < 1.29 is 9.66 Å². The second-order valence-electron chi connectivity index (χ2n) is 5.69. The van der Waals surface area contributed by atoms with E-state index < -0.39 is 4.92 Å². The molecule has 2 aromatic rings. The van der Waals surface area contributed by atoms with E-state index in [1.165, 1.54) is 6.33 Å². The van der Waals surface area contributed by atoms with E-state index in [0.717, 1.165) is 30.7 Å². The third-order valence-corrected chi connectivity index (χ3v) is 3.81. The normalized spacial score (nSPS) is 16.8. The van der Waals surface area contributed by atoms with Crippen molar-refractivity contribution in [2.75, 3.05) is 23.8 Å². The number of aryl methyl sites for hydroxylation is 1. The fraction of sp³-hybridized carbons (Fsp3) is 0.375. The summed E-state index contributed by atoms with van der Waals surface area (Å²) in [7, 11) is 0. The summed E-state index contributed by atoms with van der Waals surface area (Å²) in [6.45, 7) is 3.17. The van der Waals surface area contributed by atoms with Crippen molar-refractivity contribution >= 4 is 23.0 Å². The molecular formula is C16H19N5O3. The minimum Gasteiger partial charge on any atom is -0.376 e. The van der Waals surface area contributed by atoms with Gasteiger partial charge in [0.1, 0.15) is 6.33 Å². The maximum atomic E-state index is 11.5. The molecule has 1 unspecified atom stereocenters. The van der Waals surface area contributed by atoms with Crippen LogP contribution >= 0.6 is 0 Å². The molecule has 126 valence electrons. The van der Waals surface area contributed by atoms with Gasteiger partial charge in [0.05, 0.1) is 11.0 Å². The summed E-state index contributed by atoms with van der Waals surface area (Å²) >= 11 is 0. The lowest BCUT2D eigenvalue weighted by Gasteiger charge is -2.13. The fourth-order valence-electron chi connectivity index (χ4n) is 2.65. The molecule has 8 nitrogen and oxygen atoms in total. The number of nitrogens with one attached hydrogen (secondary N) is 2. The van der Waals surface area contributed by atoms with Crippen LogP contribution in [0.4, 0.5) is 23.0 Å². The van der Waals surface area contributed by atoms with E-state index >= 15 is 0 Å². The van der Waals surface area contributed by atoms with Crippen LogP contribution in [0.5, 0.6) is 0 Å². The molecule has 1 fully saturated rings. The highest BCUT2D eigenvalue weighted by Gasteiger charge is 2.24. The van der Waals surface area contributed by atoms with Gasteiger partial charge >= 0.3 is 5.69 Å². The van der Waals surface area contributed by atoms with Gasteiger partial charge in [-0.05, 0) is 37.5 Å². The van der Waals surface area contributed by atoms with Gasteiger partial charge in [-0.15, -0.1) is 0 Å².